The minimum atomic E-state index is -0.122. The number of urea groups is 1. The molecule has 144 valence electrons. The first-order chi connectivity index (χ1) is 12.6. The molecule has 2 aliphatic heterocycles. The van der Waals surface area contributed by atoms with Crippen LogP contribution >= 0.6 is 11.8 Å². The highest BCUT2D eigenvalue weighted by atomic mass is 32.2. The molecule has 0 saturated carbocycles. The quantitative estimate of drug-likeness (QED) is 0.773. The van der Waals surface area contributed by atoms with Gasteiger partial charge in [-0.1, -0.05) is 6.07 Å². The van der Waals surface area contributed by atoms with Crippen molar-refractivity contribution in [2.75, 3.05) is 63.3 Å². The van der Waals surface area contributed by atoms with E-state index in [2.05, 4.69) is 20.5 Å². The first kappa shape index (κ1) is 19.3. The van der Waals surface area contributed by atoms with Gasteiger partial charge in [-0.15, -0.1) is 0 Å². The van der Waals surface area contributed by atoms with E-state index in [4.69, 9.17) is 4.74 Å². The number of nitrogens with one attached hydrogen (secondary N) is 2. The number of rotatable bonds is 6. The van der Waals surface area contributed by atoms with E-state index in [1.54, 1.807) is 6.20 Å². The summed E-state index contributed by atoms with van der Waals surface area (Å²) in [5, 5.41) is 6.07. The van der Waals surface area contributed by atoms with Crippen molar-refractivity contribution in [2.45, 2.75) is 18.5 Å². The lowest BCUT2D eigenvalue weighted by Crippen LogP contribution is -2.59. The van der Waals surface area contributed by atoms with E-state index in [9.17, 15) is 4.79 Å². The number of hydrogen-bond acceptors (Lipinski definition) is 6. The lowest BCUT2D eigenvalue weighted by Gasteiger charge is -2.43. The minimum absolute atomic E-state index is 0.0644. The van der Waals surface area contributed by atoms with Crippen LogP contribution < -0.4 is 15.5 Å². The van der Waals surface area contributed by atoms with E-state index in [1.807, 2.05) is 42.9 Å². The highest BCUT2D eigenvalue weighted by Crippen LogP contribution is 2.33. The molecular weight excluding hydrogens is 350 g/mol. The van der Waals surface area contributed by atoms with Crippen LogP contribution in [-0.2, 0) is 11.3 Å². The second kappa shape index (κ2) is 8.92. The minimum Gasteiger partial charge on any atom is -0.379 e. The number of hydrogen-bond donors (Lipinski definition) is 2. The number of carbonyl (C=O) groups is 1. The van der Waals surface area contributed by atoms with Crippen LogP contribution in [0.2, 0.25) is 0 Å². The molecule has 0 aromatic carbocycles. The molecule has 2 aliphatic rings. The molecule has 3 rings (SSSR count). The fourth-order valence-electron chi connectivity index (χ4n) is 3.59. The summed E-state index contributed by atoms with van der Waals surface area (Å²) >= 11 is 1.97. The van der Waals surface area contributed by atoms with Crippen LogP contribution in [0.15, 0.2) is 18.3 Å². The Morgan fingerprint density at radius 3 is 2.88 bits per heavy atom. The average Bonchev–Trinajstić information content (AvgIpc) is 3.16. The largest absolute Gasteiger partial charge is 0.379 e. The zero-order valence-corrected chi connectivity index (χ0v) is 16.5. The van der Waals surface area contributed by atoms with Crippen molar-refractivity contribution in [1.29, 1.82) is 0 Å². The predicted molar refractivity (Wildman–Crippen MR) is 106 cm³/mol. The molecular formula is C18H29N5O2S. The van der Waals surface area contributed by atoms with Crippen LogP contribution in [-0.4, -0.2) is 79.9 Å². The molecule has 3 heterocycles. The van der Waals surface area contributed by atoms with Crippen molar-refractivity contribution in [3.05, 3.63) is 23.9 Å². The molecule has 2 N–H and O–H groups in total. The Morgan fingerprint density at radius 1 is 1.38 bits per heavy atom. The maximum atomic E-state index is 12.4. The van der Waals surface area contributed by atoms with Crippen molar-refractivity contribution < 1.29 is 9.53 Å². The lowest BCUT2D eigenvalue weighted by molar-refractivity contribution is -0.0124. The Bertz CT molecular complexity index is 601. The fourth-order valence-corrected chi connectivity index (χ4v) is 5.07. The summed E-state index contributed by atoms with van der Waals surface area (Å²) in [5.74, 6) is 3.10. The molecule has 2 fully saturated rings. The number of carbonyl (C=O) groups excluding carboxylic acids is 1. The van der Waals surface area contributed by atoms with Crippen molar-refractivity contribution in [2.24, 2.45) is 0 Å². The van der Waals surface area contributed by atoms with Gasteiger partial charge in [-0.25, -0.2) is 9.78 Å². The van der Waals surface area contributed by atoms with E-state index in [0.29, 0.717) is 13.1 Å². The molecule has 1 atom stereocenters. The second-order valence-corrected chi connectivity index (χ2v) is 8.15. The van der Waals surface area contributed by atoms with Gasteiger partial charge in [-0.05, 0) is 18.2 Å². The van der Waals surface area contributed by atoms with Gasteiger partial charge in [0.25, 0.3) is 0 Å². The van der Waals surface area contributed by atoms with Crippen LogP contribution in [0, 0.1) is 0 Å². The van der Waals surface area contributed by atoms with E-state index in [-0.39, 0.29) is 11.6 Å². The summed E-state index contributed by atoms with van der Waals surface area (Å²) in [4.78, 5) is 21.2. The number of thioether (sulfide) groups is 1. The summed E-state index contributed by atoms with van der Waals surface area (Å²) in [6, 6.07) is 3.76. The van der Waals surface area contributed by atoms with Gasteiger partial charge in [-0.2, -0.15) is 11.8 Å². The van der Waals surface area contributed by atoms with Crippen LogP contribution in [0.25, 0.3) is 0 Å². The van der Waals surface area contributed by atoms with Gasteiger partial charge in [-0.3, -0.25) is 4.90 Å². The molecule has 1 aromatic heterocycles. The number of pyridine rings is 1. The summed E-state index contributed by atoms with van der Waals surface area (Å²) in [6.45, 7) is 4.61. The van der Waals surface area contributed by atoms with Gasteiger partial charge >= 0.3 is 6.03 Å². The zero-order chi connectivity index (χ0) is 18.4. The topological polar surface area (TPSA) is 69.7 Å². The highest BCUT2D eigenvalue weighted by Gasteiger charge is 2.40. The average molecular weight is 380 g/mol. The molecule has 26 heavy (non-hydrogen) atoms. The van der Waals surface area contributed by atoms with Crippen molar-refractivity contribution >= 4 is 23.6 Å². The third-order valence-corrected chi connectivity index (χ3v) is 6.31. The van der Waals surface area contributed by atoms with Crippen LogP contribution in [0.3, 0.4) is 0 Å². The molecule has 0 spiro atoms. The fraction of sp³-hybridized carbons (Fsp3) is 0.667. The van der Waals surface area contributed by atoms with Crippen molar-refractivity contribution in [3.63, 3.8) is 0 Å². The molecule has 0 aliphatic carbocycles. The molecule has 8 heteroatoms. The first-order valence-electron chi connectivity index (χ1n) is 9.14. The van der Waals surface area contributed by atoms with E-state index < -0.39 is 0 Å². The Labute approximate surface area is 159 Å². The maximum Gasteiger partial charge on any atom is 0.315 e. The maximum absolute atomic E-state index is 12.4. The summed E-state index contributed by atoms with van der Waals surface area (Å²) < 4.78 is 5.49. The van der Waals surface area contributed by atoms with Gasteiger partial charge in [0.05, 0.1) is 13.2 Å². The summed E-state index contributed by atoms with van der Waals surface area (Å²) in [7, 11) is 3.91. The van der Waals surface area contributed by atoms with Gasteiger partial charge in [0, 0.05) is 63.3 Å². The number of amides is 2. The Hall–Kier alpha value is -1.51. The molecule has 0 bridgehead atoms. The third-order valence-electron chi connectivity index (χ3n) is 5.07. The third kappa shape index (κ3) is 4.61. The normalized spacial score (nSPS) is 23.6. The van der Waals surface area contributed by atoms with Gasteiger partial charge in [0.15, 0.2) is 0 Å². The molecule has 2 saturated heterocycles. The molecule has 0 radical (unpaired) electrons. The van der Waals surface area contributed by atoms with E-state index in [1.165, 1.54) is 0 Å². The molecule has 2 amide bonds. The van der Waals surface area contributed by atoms with Crippen molar-refractivity contribution in [3.8, 4) is 0 Å². The predicted octanol–water partition coefficient (Wildman–Crippen LogP) is 1.15. The first-order valence-corrected chi connectivity index (χ1v) is 10.3. The molecule has 1 aromatic rings. The van der Waals surface area contributed by atoms with E-state index >= 15 is 0 Å². The number of nitrogens with zero attached hydrogens (tertiary/aromatic N) is 3. The van der Waals surface area contributed by atoms with Gasteiger partial charge in [0.2, 0.25) is 0 Å². The highest BCUT2D eigenvalue weighted by molar-refractivity contribution is 7.99. The lowest BCUT2D eigenvalue weighted by atomic mass is 9.95. The number of aromatic nitrogens is 1. The Kier molecular flexibility index (Phi) is 6.61. The standard InChI is InChI=1S/C18H29N5O2S/c1-22(2)16-15(4-3-6-19-16)12-20-17(24)21-13-18(5-11-26-14-18)23-7-9-25-10-8-23/h3-4,6H,5,7-14H2,1-2H3,(H2,20,21,24). The van der Waals surface area contributed by atoms with Gasteiger partial charge in [0.1, 0.15) is 5.82 Å². The van der Waals surface area contributed by atoms with Gasteiger partial charge < -0.3 is 20.3 Å². The van der Waals surface area contributed by atoms with Crippen LogP contribution in [0.4, 0.5) is 10.6 Å². The zero-order valence-electron chi connectivity index (χ0n) is 15.7. The van der Waals surface area contributed by atoms with Crippen LogP contribution in [0.1, 0.15) is 12.0 Å². The second-order valence-electron chi connectivity index (χ2n) is 7.04. The summed E-state index contributed by atoms with van der Waals surface area (Å²) in [5.41, 5.74) is 1.07. The Balaban J connectivity index is 1.53. The summed E-state index contributed by atoms with van der Waals surface area (Å²) in [6.07, 6.45) is 2.88. The Morgan fingerprint density at radius 2 is 2.19 bits per heavy atom. The molecule has 7 nitrogen and oxygen atoms in total. The molecule has 1 unspecified atom stereocenters. The van der Waals surface area contributed by atoms with Crippen LogP contribution in [0.5, 0.6) is 0 Å². The monoisotopic (exact) mass is 379 g/mol. The number of morpholine rings is 1. The van der Waals surface area contributed by atoms with E-state index in [0.717, 1.165) is 55.6 Å². The number of ether oxygens (including phenoxy) is 1. The van der Waals surface area contributed by atoms with Crippen molar-refractivity contribution in [1.82, 2.24) is 20.5 Å². The smallest absolute Gasteiger partial charge is 0.315 e. The SMILES string of the molecule is CN(C)c1ncccc1CNC(=O)NCC1(N2CCOCC2)CCSC1. The number of anilines is 1.